The van der Waals surface area contributed by atoms with E-state index in [0.29, 0.717) is 17.1 Å². The zero-order valence-electron chi connectivity index (χ0n) is 26.4. The number of piperazine rings is 1. The Morgan fingerprint density at radius 1 is 0.500 bits per heavy atom. The molecule has 1 aliphatic heterocycles. The van der Waals surface area contributed by atoms with Gasteiger partial charge in [-0.3, -0.25) is 9.80 Å². The smallest absolute Gasteiger partial charge is 0.0201 e. The Labute approximate surface area is 229 Å². The minimum atomic E-state index is 0.394. The monoisotopic (exact) mass is 507 g/mol. The van der Waals surface area contributed by atoms with Gasteiger partial charge in [0.15, 0.2) is 0 Å². The van der Waals surface area contributed by atoms with Crippen molar-refractivity contribution in [1.29, 1.82) is 0 Å². The van der Waals surface area contributed by atoms with Crippen LogP contribution in [0.2, 0.25) is 0 Å². The summed E-state index contributed by atoms with van der Waals surface area (Å²) in [6.07, 6.45) is 29.4. The summed E-state index contributed by atoms with van der Waals surface area (Å²) in [5.41, 5.74) is 0.795. The van der Waals surface area contributed by atoms with Crippen molar-refractivity contribution < 1.29 is 0 Å². The second kappa shape index (κ2) is 19.9. The highest BCUT2D eigenvalue weighted by Crippen LogP contribution is 2.36. The van der Waals surface area contributed by atoms with Crippen molar-refractivity contribution >= 4 is 0 Å². The van der Waals surface area contributed by atoms with Gasteiger partial charge in [-0.05, 0) is 46.5 Å². The molecule has 36 heavy (non-hydrogen) atoms. The number of hydrogen-bond donors (Lipinski definition) is 0. The number of rotatable bonds is 23. The van der Waals surface area contributed by atoms with Crippen LogP contribution >= 0.6 is 0 Å². The van der Waals surface area contributed by atoms with Gasteiger partial charge in [-0.2, -0.15) is 0 Å². The van der Waals surface area contributed by atoms with Crippen LogP contribution in [0.25, 0.3) is 0 Å². The maximum atomic E-state index is 2.97. The molecule has 0 N–H and O–H groups in total. The van der Waals surface area contributed by atoms with Crippen LogP contribution in [0, 0.1) is 0 Å². The summed E-state index contributed by atoms with van der Waals surface area (Å²) in [6, 6.07) is 0.677. The SMILES string of the molecule is CCCCCCCC(C)(CCCCCC)N1CCN(C(C)(CCCCCC)CCCCCC)[C@@H](C)C1. The molecule has 0 aromatic heterocycles. The molecule has 1 saturated heterocycles. The van der Waals surface area contributed by atoms with Gasteiger partial charge in [0.2, 0.25) is 0 Å². The maximum absolute atomic E-state index is 2.97. The topological polar surface area (TPSA) is 6.48 Å². The lowest BCUT2D eigenvalue weighted by molar-refractivity contribution is -0.0492. The summed E-state index contributed by atoms with van der Waals surface area (Å²) in [6.45, 7) is 21.0. The molecule has 216 valence electrons. The summed E-state index contributed by atoms with van der Waals surface area (Å²) in [7, 11) is 0. The van der Waals surface area contributed by atoms with Crippen molar-refractivity contribution in [2.45, 2.75) is 200 Å². The van der Waals surface area contributed by atoms with E-state index >= 15 is 0 Å². The van der Waals surface area contributed by atoms with Crippen molar-refractivity contribution in [1.82, 2.24) is 9.80 Å². The third kappa shape index (κ3) is 12.6. The number of nitrogens with zero attached hydrogens (tertiary/aromatic N) is 2. The van der Waals surface area contributed by atoms with E-state index in [2.05, 4.69) is 58.3 Å². The standard InChI is InChI=1S/C34H70N2/c1-8-12-16-20-24-26-33(6,25-21-17-13-9-2)35-29-30-36(32(5)31-35)34(7,27-22-18-14-10-3)28-23-19-15-11-4/h32H,8-31H2,1-7H3/t32-,33?/m0/s1. The first-order valence-electron chi connectivity index (χ1n) is 16.9. The molecule has 0 amide bonds. The van der Waals surface area contributed by atoms with E-state index in [1.54, 1.807) is 0 Å². The fraction of sp³-hybridized carbons (Fsp3) is 1.00. The summed E-state index contributed by atoms with van der Waals surface area (Å²) in [4.78, 5) is 5.93. The zero-order chi connectivity index (χ0) is 26.7. The molecular formula is C34H70N2. The van der Waals surface area contributed by atoms with E-state index in [0.717, 1.165) is 0 Å². The zero-order valence-corrected chi connectivity index (χ0v) is 26.4. The van der Waals surface area contributed by atoms with E-state index in [1.165, 1.54) is 154 Å². The number of unbranched alkanes of at least 4 members (excludes halogenated alkanes) is 13. The molecule has 2 nitrogen and oxygen atoms in total. The molecule has 1 aliphatic rings. The lowest BCUT2D eigenvalue weighted by Gasteiger charge is -2.54. The van der Waals surface area contributed by atoms with Crippen molar-refractivity contribution in [3.05, 3.63) is 0 Å². The Kier molecular flexibility index (Phi) is 18.8. The number of hydrogen-bond acceptors (Lipinski definition) is 2. The fourth-order valence-corrected chi connectivity index (χ4v) is 7.01. The van der Waals surface area contributed by atoms with E-state index in [4.69, 9.17) is 0 Å². The largest absolute Gasteiger partial charge is 0.295 e. The third-order valence-corrected chi connectivity index (χ3v) is 9.61. The minimum absolute atomic E-state index is 0.394. The van der Waals surface area contributed by atoms with Gasteiger partial charge in [-0.25, -0.2) is 0 Å². The predicted octanol–water partition coefficient (Wildman–Crippen LogP) is 10.8. The van der Waals surface area contributed by atoms with Crippen LogP contribution in [-0.4, -0.2) is 46.6 Å². The maximum Gasteiger partial charge on any atom is 0.0201 e. The fourth-order valence-electron chi connectivity index (χ4n) is 7.01. The van der Waals surface area contributed by atoms with Gasteiger partial charge in [0.05, 0.1) is 0 Å². The molecule has 2 atom stereocenters. The lowest BCUT2D eigenvalue weighted by atomic mass is 9.82. The van der Waals surface area contributed by atoms with E-state index < -0.39 is 0 Å². The Hall–Kier alpha value is -0.0800. The molecule has 2 heteroatoms. The highest BCUT2D eigenvalue weighted by molar-refractivity contribution is 4.97. The first kappa shape index (κ1) is 33.9. The summed E-state index contributed by atoms with van der Waals surface area (Å²) >= 11 is 0. The van der Waals surface area contributed by atoms with Crippen LogP contribution in [0.15, 0.2) is 0 Å². The van der Waals surface area contributed by atoms with Gasteiger partial charge in [0.25, 0.3) is 0 Å². The third-order valence-electron chi connectivity index (χ3n) is 9.61. The first-order valence-corrected chi connectivity index (χ1v) is 16.9. The highest BCUT2D eigenvalue weighted by atomic mass is 15.3. The second-order valence-electron chi connectivity index (χ2n) is 13.1. The molecule has 0 bridgehead atoms. The molecule has 0 saturated carbocycles. The molecule has 1 fully saturated rings. The van der Waals surface area contributed by atoms with Crippen LogP contribution in [0.1, 0.15) is 183 Å². The first-order chi connectivity index (χ1) is 17.4. The summed E-state index contributed by atoms with van der Waals surface area (Å²) in [5, 5.41) is 0. The second-order valence-corrected chi connectivity index (χ2v) is 13.1. The van der Waals surface area contributed by atoms with E-state index in [-0.39, 0.29) is 0 Å². The molecule has 1 unspecified atom stereocenters. The van der Waals surface area contributed by atoms with Gasteiger partial charge in [-0.1, -0.05) is 137 Å². The van der Waals surface area contributed by atoms with Gasteiger partial charge >= 0.3 is 0 Å². The van der Waals surface area contributed by atoms with E-state index in [1.807, 2.05) is 0 Å². The van der Waals surface area contributed by atoms with Gasteiger partial charge < -0.3 is 0 Å². The molecule has 0 spiro atoms. The normalized spacial score (nSPS) is 19.6. The van der Waals surface area contributed by atoms with Crippen molar-refractivity contribution in [3.63, 3.8) is 0 Å². The quantitative estimate of drug-likeness (QED) is 0.127. The Balaban J connectivity index is 2.83. The van der Waals surface area contributed by atoms with Crippen LogP contribution in [0.4, 0.5) is 0 Å². The van der Waals surface area contributed by atoms with Crippen molar-refractivity contribution in [2.24, 2.45) is 0 Å². The summed E-state index contributed by atoms with van der Waals surface area (Å²) < 4.78 is 0. The van der Waals surface area contributed by atoms with Crippen LogP contribution < -0.4 is 0 Å². The van der Waals surface area contributed by atoms with Crippen molar-refractivity contribution in [3.8, 4) is 0 Å². The lowest BCUT2D eigenvalue weighted by Crippen LogP contribution is -2.64. The molecular weight excluding hydrogens is 436 g/mol. The van der Waals surface area contributed by atoms with Gasteiger partial charge in [0, 0.05) is 36.8 Å². The molecule has 0 aromatic rings. The Morgan fingerprint density at radius 3 is 1.25 bits per heavy atom. The minimum Gasteiger partial charge on any atom is -0.295 e. The molecule has 0 radical (unpaired) electrons. The van der Waals surface area contributed by atoms with E-state index in [9.17, 15) is 0 Å². The van der Waals surface area contributed by atoms with Gasteiger partial charge in [-0.15, -0.1) is 0 Å². The van der Waals surface area contributed by atoms with Crippen LogP contribution in [0.5, 0.6) is 0 Å². The summed E-state index contributed by atoms with van der Waals surface area (Å²) in [5.74, 6) is 0. The van der Waals surface area contributed by atoms with Crippen LogP contribution in [0.3, 0.4) is 0 Å². The molecule has 0 aliphatic carbocycles. The van der Waals surface area contributed by atoms with Crippen molar-refractivity contribution in [2.75, 3.05) is 19.6 Å². The highest BCUT2D eigenvalue weighted by Gasteiger charge is 2.41. The molecule has 0 aromatic carbocycles. The van der Waals surface area contributed by atoms with Crippen LogP contribution in [-0.2, 0) is 0 Å². The molecule has 1 rings (SSSR count). The van der Waals surface area contributed by atoms with Gasteiger partial charge in [0.1, 0.15) is 0 Å². The Bertz CT molecular complexity index is 491. The Morgan fingerprint density at radius 2 is 0.861 bits per heavy atom. The average molecular weight is 507 g/mol. The average Bonchev–Trinajstić information content (AvgIpc) is 2.87. The molecule has 1 heterocycles. The predicted molar refractivity (Wildman–Crippen MR) is 164 cm³/mol.